The van der Waals surface area contributed by atoms with Crippen LogP contribution in [0.2, 0.25) is 0 Å². The summed E-state index contributed by atoms with van der Waals surface area (Å²) >= 11 is 3.47. The number of nitrogens with zero attached hydrogens (tertiary/aromatic N) is 1. The lowest BCUT2D eigenvalue weighted by molar-refractivity contribution is -0.121. The molecule has 24 heavy (non-hydrogen) atoms. The highest BCUT2D eigenvalue weighted by molar-refractivity contribution is 9.10. The number of nitrogens with one attached hydrogen (secondary N) is 1. The van der Waals surface area contributed by atoms with Crippen LogP contribution in [0.15, 0.2) is 22.7 Å². The van der Waals surface area contributed by atoms with Gasteiger partial charge in [0, 0.05) is 23.5 Å². The van der Waals surface area contributed by atoms with Gasteiger partial charge in [-0.3, -0.25) is 4.79 Å². The molecule has 0 aliphatic carbocycles. The molecule has 5 nitrogen and oxygen atoms in total. The number of aryl methyl sites for hydroxylation is 1. The molecule has 2 amide bonds. The van der Waals surface area contributed by atoms with E-state index in [1.807, 2.05) is 45.9 Å². The van der Waals surface area contributed by atoms with E-state index >= 15 is 0 Å². The van der Waals surface area contributed by atoms with Crippen molar-refractivity contribution in [3.63, 3.8) is 0 Å². The second-order valence-corrected chi connectivity index (χ2v) is 8.07. The van der Waals surface area contributed by atoms with E-state index in [0.717, 1.165) is 15.7 Å². The zero-order chi connectivity index (χ0) is 17.9. The molecular formula is C18H25BrN2O3. The molecule has 1 saturated heterocycles. The summed E-state index contributed by atoms with van der Waals surface area (Å²) in [7, 11) is 0. The number of likely N-dealkylation sites (tertiary alicyclic amines) is 1. The first kappa shape index (κ1) is 18.8. The number of anilines is 1. The predicted octanol–water partition coefficient (Wildman–Crippen LogP) is 4.34. The standard InChI is InChI=1S/C18H25BrN2O3/c1-12-5-6-15(14(19)11-12)20-16(22)13-7-9-21(10-8-13)17(23)24-18(2,3)4/h5-6,11,13H,7-10H2,1-4H3,(H,20,22). The Kier molecular flexibility index (Phi) is 5.91. The van der Waals surface area contributed by atoms with Crippen LogP contribution in [-0.4, -0.2) is 35.6 Å². The molecule has 0 atom stereocenters. The van der Waals surface area contributed by atoms with Crippen LogP contribution < -0.4 is 5.32 Å². The molecule has 2 rings (SSSR count). The molecule has 0 aromatic heterocycles. The lowest BCUT2D eigenvalue weighted by atomic mass is 9.96. The first-order chi connectivity index (χ1) is 11.2. The van der Waals surface area contributed by atoms with Crippen molar-refractivity contribution in [2.24, 2.45) is 5.92 Å². The summed E-state index contributed by atoms with van der Waals surface area (Å²) in [4.78, 5) is 26.2. The SMILES string of the molecule is Cc1ccc(NC(=O)C2CCN(C(=O)OC(C)(C)C)CC2)c(Br)c1. The second-order valence-electron chi connectivity index (χ2n) is 7.21. The topological polar surface area (TPSA) is 58.6 Å². The summed E-state index contributed by atoms with van der Waals surface area (Å²) in [6, 6.07) is 5.83. The smallest absolute Gasteiger partial charge is 0.410 e. The number of benzene rings is 1. The molecule has 1 aromatic rings. The summed E-state index contributed by atoms with van der Waals surface area (Å²) in [6.07, 6.45) is 0.992. The minimum absolute atomic E-state index is 0.00314. The molecule has 1 aromatic carbocycles. The Morgan fingerprint density at radius 1 is 1.25 bits per heavy atom. The highest BCUT2D eigenvalue weighted by Gasteiger charge is 2.30. The van der Waals surface area contributed by atoms with Gasteiger partial charge in [-0.15, -0.1) is 0 Å². The van der Waals surface area contributed by atoms with Gasteiger partial charge < -0.3 is 15.0 Å². The van der Waals surface area contributed by atoms with Gasteiger partial charge in [-0.2, -0.15) is 0 Å². The van der Waals surface area contributed by atoms with Crippen LogP contribution >= 0.6 is 15.9 Å². The van der Waals surface area contributed by atoms with E-state index in [1.54, 1.807) is 4.90 Å². The predicted molar refractivity (Wildman–Crippen MR) is 98.0 cm³/mol. The number of hydrogen-bond acceptors (Lipinski definition) is 3. The van der Waals surface area contributed by atoms with Crippen molar-refractivity contribution in [2.75, 3.05) is 18.4 Å². The number of carbonyl (C=O) groups excluding carboxylic acids is 2. The van der Waals surface area contributed by atoms with E-state index in [9.17, 15) is 9.59 Å². The Balaban J connectivity index is 1.87. The van der Waals surface area contributed by atoms with Gasteiger partial charge in [-0.1, -0.05) is 6.07 Å². The monoisotopic (exact) mass is 396 g/mol. The molecule has 0 bridgehead atoms. The molecule has 1 aliphatic heterocycles. The van der Waals surface area contributed by atoms with Gasteiger partial charge in [0.25, 0.3) is 0 Å². The summed E-state index contributed by atoms with van der Waals surface area (Å²) in [5.74, 6) is -0.0831. The zero-order valence-corrected chi connectivity index (χ0v) is 16.3. The van der Waals surface area contributed by atoms with E-state index in [2.05, 4.69) is 21.2 Å². The largest absolute Gasteiger partial charge is 0.444 e. The molecule has 1 heterocycles. The van der Waals surface area contributed by atoms with Crippen molar-refractivity contribution >= 4 is 33.6 Å². The number of piperidine rings is 1. The molecule has 0 spiro atoms. The van der Waals surface area contributed by atoms with E-state index in [4.69, 9.17) is 4.74 Å². The van der Waals surface area contributed by atoms with E-state index in [-0.39, 0.29) is 17.9 Å². The minimum Gasteiger partial charge on any atom is -0.444 e. The zero-order valence-electron chi connectivity index (χ0n) is 14.7. The van der Waals surface area contributed by atoms with Crippen LogP contribution in [0.5, 0.6) is 0 Å². The van der Waals surface area contributed by atoms with Crippen LogP contribution in [0.4, 0.5) is 10.5 Å². The fourth-order valence-electron chi connectivity index (χ4n) is 2.61. The molecule has 0 radical (unpaired) electrons. The molecule has 1 aliphatic rings. The fraction of sp³-hybridized carbons (Fsp3) is 0.556. The second kappa shape index (κ2) is 7.55. The third kappa shape index (κ3) is 5.23. The van der Waals surface area contributed by atoms with Gasteiger partial charge in [0.15, 0.2) is 0 Å². The Bertz CT molecular complexity index is 617. The maximum absolute atomic E-state index is 12.4. The summed E-state index contributed by atoms with van der Waals surface area (Å²) in [5.41, 5.74) is 1.41. The Morgan fingerprint density at radius 2 is 1.88 bits per heavy atom. The molecule has 6 heteroatoms. The molecule has 1 N–H and O–H groups in total. The normalized spacial score (nSPS) is 16.0. The number of hydrogen-bond donors (Lipinski definition) is 1. The van der Waals surface area contributed by atoms with Gasteiger partial charge in [0.1, 0.15) is 5.60 Å². The molecule has 0 unspecified atom stereocenters. The lowest BCUT2D eigenvalue weighted by Crippen LogP contribution is -2.43. The molecule has 132 valence electrons. The van der Waals surface area contributed by atoms with Gasteiger partial charge in [-0.05, 0) is 74.2 Å². The van der Waals surface area contributed by atoms with Crippen molar-refractivity contribution in [3.05, 3.63) is 28.2 Å². The average molecular weight is 397 g/mol. The van der Waals surface area contributed by atoms with Crippen molar-refractivity contribution in [1.82, 2.24) is 4.90 Å². The average Bonchev–Trinajstić information content (AvgIpc) is 2.48. The van der Waals surface area contributed by atoms with Crippen LogP contribution in [0.25, 0.3) is 0 Å². The number of ether oxygens (including phenoxy) is 1. The Morgan fingerprint density at radius 3 is 2.42 bits per heavy atom. The van der Waals surface area contributed by atoms with Crippen LogP contribution in [0, 0.1) is 12.8 Å². The summed E-state index contributed by atoms with van der Waals surface area (Å²) in [5, 5.41) is 2.97. The first-order valence-corrected chi connectivity index (χ1v) is 9.00. The maximum atomic E-state index is 12.4. The van der Waals surface area contributed by atoms with Crippen molar-refractivity contribution in [3.8, 4) is 0 Å². The quantitative estimate of drug-likeness (QED) is 0.808. The van der Waals surface area contributed by atoms with Gasteiger partial charge >= 0.3 is 6.09 Å². The third-order valence-electron chi connectivity index (χ3n) is 3.90. The highest BCUT2D eigenvalue weighted by Crippen LogP contribution is 2.26. The summed E-state index contributed by atoms with van der Waals surface area (Å²) in [6.45, 7) is 8.65. The highest BCUT2D eigenvalue weighted by atomic mass is 79.9. The van der Waals surface area contributed by atoms with Crippen LogP contribution in [-0.2, 0) is 9.53 Å². The molecule has 1 fully saturated rings. The fourth-order valence-corrected chi connectivity index (χ4v) is 3.20. The van der Waals surface area contributed by atoms with Crippen molar-refractivity contribution in [2.45, 2.75) is 46.1 Å². The summed E-state index contributed by atoms with van der Waals surface area (Å²) < 4.78 is 6.25. The number of rotatable bonds is 2. The van der Waals surface area contributed by atoms with Crippen LogP contribution in [0.1, 0.15) is 39.2 Å². The van der Waals surface area contributed by atoms with Crippen LogP contribution in [0.3, 0.4) is 0 Å². The first-order valence-electron chi connectivity index (χ1n) is 8.20. The van der Waals surface area contributed by atoms with Gasteiger partial charge in [0.2, 0.25) is 5.91 Å². The van der Waals surface area contributed by atoms with Gasteiger partial charge in [-0.25, -0.2) is 4.79 Å². The van der Waals surface area contributed by atoms with E-state index in [1.165, 1.54) is 0 Å². The Hall–Kier alpha value is -1.56. The van der Waals surface area contributed by atoms with E-state index in [0.29, 0.717) is 25.9 Å². The maximum Gasteiger partial charge on any atom is 0.410 e. The third-order valence-corrected chi connectivity index (χ3v) is 4.56. The minimum atomic E-state index is -0.497. The van der Waals surface area contributed by atoms with Gasteiger partial charge in [0.05, 0.1) is 5.69 Å². The van der Waals surface area contributed by atoms with Crippen molar-refractivity contribution in [1.29, 1.82) is 0 Å². The number of amides is 2. The molecule has 0 saturated carbocycles. The molecular weight excluding hydrogens is 372 g/mol. The number of halogens is 1. The number of carbonyl (C=O) groups is 2. The van der Waals surface area contributed by atoms with Crippen molar-refractivity contribution < 1.29 is 14.3 Å². The lowest BCUT2D eigenvalue weighted by Gasteiger charge is -2.33. The van der Waals surface area contributed by atoms with E-state index < -0.39 is 5.60 Å². The Labute approximate surface area is 151 Å².